The van der Waals surface area contributed by atoms with Gasteiger partial charge in [-0.3, -0.25) is 25.0 Å². The largest absolute Gasteiger partial charge is 0.375 e. The van der Waals surface area contributed by atoms with Crippen LogP contribution in [0.15, 0.2) is 79.1 Å². The molecule has 14 nitrogen and oxygen atoms in total. The Labute approximate surface area is 268 Å². The molecule has 1 unspecified atom stereocenters. The minimum absolute atomic E-state index is 0.296. The Balaban J connectivity index is 1.33. The number of aromatic nitrogens is 6. The minimum atomic E-state index is -1.18. The van der Waals surface area contributed by atoms with Gasteiger partial charge in [-0.05, 0) is 72.6 Å². The maximum absolute atomic E-state index is 13.2. The average Bonchev–Trinajstić information content (AvgIpc) is 3.80. The maximum atomic E-state index is 13.2. The smallest absolute Gasteiger partial charge is 0.274 e. The molecule has 47 heavy (non-hydrogen) atoms. The van der Waals surface area contributed by atoms with E-state index in [4.69, 9.17) is 11.5 Å². The van der Waals surface area contributed by atoms with Gasteiger partial charge in [0.05, 0.1) is 22.1 Å². The lowest BCUT2D eigenvalue weighted by atomic mass is 10.1. The van der Waals surface area contributed by atoms with Gasteiger partial charge in [0.15, 0.2) is 0 Å². The van der Waals surface area contributed by atoms with Crippen LogP contribution in [0.5, 0.6) is 0 Å². The zero-order valence-corrected chi connectivity index (χ0v) is 26.0. The second-order valence-electron chi connectivity index (χ2n) is 11.2. The fraction of sp³-hybridized carbons (Fsp3) is 0.182. The number of nitrogens with one attached hydrogen (secondary N) is 2. The lowest BCUT2D eigenvalue weighted by molar-refractivity contribution is 0.0995. The van der Waals surface area contributed by atoms with Crippen LogP contribution < -0.4 is 22.1 Å². The minimum Gasteiger partial charge on any atom is -0.375 e. The molecule has 0 spiro atoms. The summed E-state index contributed by atoms with van der Waals surface area (Å²) >= 11 is 0. The standard InChI is InChI=1S/C33H34N10O4/c1-19-16-21(29(35)45)18-23-27(19)43(33(37-23)39-31(47)26-9-7-13-41(26)3)15-5-4-14-42-24-11-10-20(28(34)44)17-22(24)36-32(42)38-30(46)25-8-6-12-40(25)2/h4-13,16-18,29,45H,14-15,35H2,1-3H3,(H2,34,44)(H,36,38,46)(H,37,39,47)/b5-4+. The van der Waals surface area contributed by atoms with Crippen molar-refractivity contribution in [3.8, 4) is 0 Å². The lowest BCUT2D eigenvalue weighted by Crippen LogP contribution is -2.18. The Morgan fingerprint density at radius 2 is 1.43 bits per heavy atom. The number of aliphatic hydroxyl groups excluding tert-OH is 1. The van der Waals surface area contributed by atoms with E-state index in [-0.39, 0.29) is 11.8 Å². The van der Waals surface area contributed by atoms with Crippen molar-refractivity contribution in [2.24, 2.45) is 25.6 Å². The Hall–Kier alpha value is -5.99. The Kier molecular flexibility index (Phi) is 8.20. The van der Waals surface area contributed by atoms with Crippen LogP contribution in [0.3, 0.4) is 0 Å². The third kappa shape index (κ3) is 6.02. The number of aliphatic hydroxyl groups is 1. The van der Waals surface area contributed by atoms with E-state index in [0.717, 1.165) is 11.1 Å². The van der Waals surface area contributed by atoms with Crippen molar-refractivity contribution in [1.82, 2.24) is 28.2 Å². The van der Waals surface area contributed by atoms with Crippen molar-refractivity contribution in [2.75, 3.05) is 10.6 Å². The maximum Gasteiger partial charge on any atom is 0.274 e. The van der Waals surface area contributed by atoms with Crippen molar-refractivity contribution in [3.05, 3.63) is 107 Å². The molecular weight excluding hydrogens is 600 g/mol. The highest BCUT2D eigenvalue weighted by Crippen LogP contribution is 2.27. The first kappa shape index (κ1) is 31.0. The van der Waals surface area contributed by atoms with E-state index in [1.54, 1.807) is 90.2 Å². The Bertz CT molecular complexity index is 2200. The van der Waals surface area contributed by atoms with E-state index in [1.807, 2.05) is 28.2 Å². The van der Waals surface area contributed by atoms with Crippen LogP contribution >= 0.6 is 0 Å². The van der Waals surface area contributed by atoms with E-state index in [2.05, 4.69) is 20.6 Å². The molecule has 6 rings (SSSR count). The van der Waals surface area contributed by atoms with E-state index in [9.17, 15) is 19.5 Å². The molecule has 240 valence electrons. The summed E-state index contributed by atoms with van der Waals surface area (Å²) in [5.74, 6) is -0.626. The van der Waals surface area contributed by atoms with E-state index in [0.29, 0.717) is 64.1 Å². The zero-order chi connectivity index (χ0) is 33.4. The number of fused-ring (bicyclic) bond motifs is 2. The quantitative estimate of drug-likeness (QED) is 0.113. The highest BCUT2D eigenvalue weighted by atomic mass is 16.3. The Morgan fingerprint density at radius 1 is 0.851 bits per heavy atom. The predicted molar refractivity (Wildman–Crippen MR) is 178 cm³/mol. The van der Waals surface area contributed by atoms with Crippen LogP contribution in [0.2, 0.25) is 0 Å². The van der Waals surface area contributed by atoms with Crippen LogP contribution in [0.4, 0.5) is 11.9 Å². The lowest BCUT2D eigenvalue weighted by Gasteiger charge is -2.11. The zero-order valence-electron chi connectivity index (χ0n) is 26.0. The first-order valence-electron chi connectivity index (χ1n) is 14.8. The van der Waals surface area contributed by atoms with Gasteiger partial charge in [-0.1, -0.05) is 12.2 Å². The van der Waals surface area contributed by atoms with Crippen LogP contribution in [0, 0.1) is 6.92 Å². The molecule has 0 aliphatic heterocycles. The van der Waals surface area contributed by atoms with Crippen LogP contribution in [0.25, 0.3) is 22.1 Å². The summed E-state index contributed by atoms with van der Waals surface area (Å²) < 4.78 is 7.11. The normalized spacial score (nSPS) is 12.3. The van der Waals surface area contributed by atoms with Gasteiger partial charge in [-0.2, -0.15) is 0 Å². The molecule has 6 aromatic rings. The number of carbonyl (C=O) groups is 3. The van der Waals surface area contributed by atoms with Crippen LogP contribution in [0.1, 0.15) is 48.7 Å². The number of benzene rings is 2. The van der Waals surface area contributed by atoms with Gasteiger partial charge in [-0.15, -0.1) is 0 Å². The number of allylic oxidation sites excluding steroid dienone is 2. The van der Waals surface area contributed by atoms with Gasteiger partial charge >= 0.3 is 0 Å². The number of hydrogen-bond donors (Lipinski definition) is 5. The number of primary amides is 1. The average molecular weight is 635 g/mol. The van der Waals surface area contributed by atoms with Crippen molar-refractivity contribution in [2.45, 2.75) is 26.2 Å². The third-order valence-corrected chi connectivity index (χ3v) is 7.98. The number of nitrogens with zero attached hydrogens (tertiary/aromatic N) is 6. The summed E-state index contributed by atoms with van der Waals surface area (Å²) in [5, 5.41) is 15.8. The highest BCUT2D eigenvalue weighted by molar-refractivity contribution is 6.04. The second kappa shape index (κ2) is 12.4. The molecule has 7 N–H and O–H groups in total. The number of anilines is 2. The van der Waals surface area contributed by atoms with Crippen molar-refractivity contribution >= 4 is 51.7 Å². The number of amides is 3. The van der Waals surface area contributed by atoms with Crippen molar-refractivity contribution in [1.29, 1.82) is 0 Å². The molecule has 14 heteroatoms. The fourth-order valence-electron chi connectivity index (χ4n) is 5.60. The summed E-state index contributed by atoms with van der Waals surface area (Å²) in [6.07, 6.45) is 6.20. The SMILES string of the molecule is Cc1cc(C(N)O)cc2nc(NC(=O)c3cccn3C)n(C/C=C/Cn3c(NC(=O)c4cccn4C)nc4cc(C(N)=O)ccc43)c12. The van der Waals surface area contributed by atoms with E-state index < -0.39 is 12.1 Å². The van der Waals surface area contributed by atoms with Crippen molar-refractivity contribution < 1.29 is 19.5 Å². The summed E-state index contributed by atoms with van der Waals surface area (Å²) in [7, 11) is 3.56. The molecule has 4 aromatic heterocycles. The van der Waals surface area contributed by atoms with Gasteiger partial charge in [0.25, 0.3) is 11.8 Å². The molecule has 0 saturated carbocycles. The molecule has 0 fully saturated rings. The van der Waals surface area contributed by atoms with Gasteiger partial charge in [0.1, 0.15) is 17.6 Å². The number of rotatable bonds is 10. The van der Waals surface area contributed by atoms with Gasteiger partial charge in [0.2, 0.25) is 17.8 Å². The number of aryl methyl sites for hydroxylation is 3. The topological polar surface area (TPSA) is 193 Å². The molecule has 1 atom stereocenters. The molecule has 3 amide bonds. The first-order valence-corrected chi connectivity index (χ1v) is 14.8. The molecule has 0 radical (unpaired) electrons. The summed E-state index contributed by atoms with van der Waals surface area (Å²) in [6.45, 7) is 2.53. The molecule has 0 aliphatic carbocycles. The second-order valence-corrected chi connectivity index (χ2v) is 11.2. The molecule has 4 heterocycles. The highest BCUT2D eigenvalue weighted by Gasteiger charge is 2.19. The van der Waals surface area contributed by atoms with Crippen LogP contribution in [-0.2, 0) is 27.2 Å². The first-order chi connectivity index (χ1) is 22.5. The van der Waals surface area contributed by atoms with Crippen LogP contribution in [-0.4, -0.2) is 51.1 Å². The third-order valence-electron chi connectivity index (χ3n) is 7.98. The van der Waals surface area contributed by atoms with Gasteiger partial charge < -0.3 is 34.8 Å². The predicted octanol–water partition coefficient (Wildman–Crippen LogP) is 3.18. The molecule has 2 aromatic carbocycles. The molecule has 0 aliphatic rings. The van der Waals surface area contributed by atoms with Gasteiger partial charge in [-0.25, -0.2) is 9.97 Å². The van der Waals surface area contributed by atoms with E-state index in [1.165, 1.54) is 0 Å². The number of nitrogens with two attached hydrogens (primary N) is 2. The Morgan fingerprint density at radius 3 is 1.98 bits per heavy atom. The van der Waals surface area contributed by atoms with E-state index >= 15 is 0 Å². The molecular formula is C33H34N10O4. The van der Waals surface area contributed by atoms with Crippen molar-refractivity contribution in [3.63, 3.8) is 0 Å². The number of imidazole rings is 2. The number of carbonyl (C=O) groups excluding carboxylic acids is 3. The monoisotopic (exact) mass is 634 g/mol. The molecule has 0 bridgehead atoms. The fourth-order valence-corrected chi connectivity index (χ4v) is 5.60. The summed E-state index contributed by atoms with van der Waals surface area (Å²) in [5.41, 5.74) is 16.3. The number of hydrogen-bond acceptors (Lipinski definition) is 7. The van der Waals surface area contributed by atoms with Gasteiger partial charge in [0, 0.05) is 45.1 Å². The molecule has 0 saturated heterocycles. The summed E-state index contributed by atoms with van der Waals surface area (Å²) in [4.78, 5) is 47.4. The summed E-state index contributed by atoms with van der Waals surface area (Å²) in [6, 6.07) is 15.4.